The van der Waals surface area contributed by atoms with Gasteiger partial charge in [-0.3, -0.25) is 10.4 Å². The molecule has 0 atom stereocenters. The van der Waals surface area contributed by atoms with Gasteiger partial charge in [-0.15, -0.1) is 11.3 Å². The van der Waals surface area contributed by atoms with E-state index in [-0.39, 0.29) is 0 Å². The smallest absolute Gasteiger partial charge is 0.0823 e. The predicted molar refractivity (Wildman–Crippen MR) is 91.3 cm³/mol. The van der Waals surface area contributed by atoms with Crippen molar-refractivity contribution in [1.29, 1.82) is 5.41 Å². The third-order valence-electron chi connectivity index (χ3n) is 3.36. The summed E-state index contributed by atoms with van der Waals surface area (Å²) >= 11 is 1.54. The fourth-order valence-electron chi connectivity index (χ4n) is 2.32. The summed E-state index contributed by atoms with van der Waals surface area (Å²) in [6.45, 7) is 3.58. The van der Waals surface area contributed by atoms with Gasteiger partial charge >= 0.3 is 0 Å². The summed E-state index contributed by atoms with van der Waals surface area (Å²) in [5.74, 6) is 0. The van der Waals surface area contributed by atoms with Crippen LogP contribution in [0.15, 0.2) is 70.3 Å². The molecule has 0 saturated heterocycles. The molecule has 0 unspecified atom stereocenters. The summed E-state index contributed by atoms with van der Waals surface area (Å²) < 4.78 is 0. The molecule has 1 aromatic heterocycles. The van der Waals surface area contributed by atoms with Gasteiger partial charge in [0.05, 0.1) is 11.4 Å². The highest BCUT2D eigenvalue weighted by molar-refractivity contribution is 7.08. The summed E-state index contributed by atoms with van der Waals surface area (Å²) in [5.41, 5.74) is 5.17. The van der Waals surface area contributed by atoms with E-state index in [9.17, 15) is 0 Å². The molecule has 0 aliphatic carbocycles. The second-order valence-corrected chi connectivity index (χ2v) is 5.36. The third-order valence-corrected chi connectivity index (χ3v) is 4.09. The predicted octanol–water partition coefficient (Wildman–Crippen LogP) is 5.16. The van der Waals surface area contributed by atoms with E-state index in [1.807, 2.05) is 53.2 Å². The van der Waals surface area contributed by atoms with Crippen LogP contribution in [0.5, 0.6) is 0 Å². The van der Waals surface area contributed by atoms with E-state index in [2.05, 4.69) is 23.8 Å². The summed E-state index contributed by atoms with van der Waals surface area (Å²) in [4.78, 5) is 4.00. The molecule has 1 heterocycles. The quantitative estimate of drug-likeness (QED) is 0.644. The molecule has 21 heavy (non-hydrogen) atoms. The molecule has 0 amide bonds. The molecule has 3 aromatic rings. The van der Waals surface area contributed by atoms with Crippen molar-refractivity contribution in [1.82, 2.24) is 0 Å². The van der Waals surface area contributed by atoms with Crippen LogP contribution in [-0.4, -0.2) is 12.4 Å². The first kappa shape index (κ1) is 13.5. The average Bonchev–Trinajstić information content (AvgIpc) is 3.03. The van der Waals surface area contributed by atoms with Crippen LogP contribution in [0.4, 0.5) is 5.69 Å². The number of benzene rings is 2. The number of aliphatic imine (C=N–C) groups is 1. The first-order valence-electron chi connectivity index (χ1n) is 6.58. The van der Waals surface area contributed by atoms with E-state index in [1.165, 1.54) is 0 Å². The van der Waals surface area contributed by atoms with Crippen LogP contribution < -0.4 is 0 Å². The SMILES string of the molecule is C=Nc1cscc1C(=N)c1ccccc1-c1ccccc1. The Hall–Kier alpha value is -2.52. The first-order chi connectivity index (χ1) is 10.3. The number of thiophene rings is 1. The second kappa shape index (κ2) is 5.85. The van der Waals surface area contributed by atoms with Crippen LogP contribution in [0.25, 0.3) is 11.1 Å². The van der Waals surface area contributed by atoms with Crippen molar-refractivity contribution >= 4 is 29.5 Å². The van der Waals surface area contributed by atoms with E-state index < -0.39 is 0 Å². The second-order valence-electron chi connectivity index (χ2n) is 4.62. The number of rotatable bonds is 4. The third kappa shape index (κ3) is 2.56. The molecule has 0 saturated carbocycles. The van der Waals surface area contributed by atoms with Gasteiger partial charge < -0.3 is 0 Å². The lowest BCUT2D eigenvalue weighted by Gasteiger charge is -2.11. The van der Waals surface area contributed by atoms with Gasteiger partial charge in [0.15, 0.2) is 0 Å². The van der Waals surface area contributed by atoms with Gasteiger partial charge in [-0.1, -0.05) is 54.6 Å². The Morgan fingerprint density at radius 3 is 2.38 bits per heavy atom. The van der Waals surface area contributed by atoms with Gasteiger partial charge in [-0.05, 0) is 17.8 Å². The van der Waals surface area contributed by atoms with E-state index in [0.29, 0.717) is 5.71 Å². The highest BCUT2D eigenvalue weighted by Gasteiger charge is 2.14. The Kier molecular flexibility index (Phi) is 3.75. The van der Waals surface area contributed by atoms with Crippen LogP contribution in [0.1, 0.15) is 11.1 Å². The molecule has 0 aliphatic rings. The maximum atomic E-state index is 8.54. The Labute approximate surface area is 127 Å². The number of nitrogens with zero attached hydrogens (tertiary/aromatic N) is 1. The first-order valence-corrected chi connectivity index (χ1v) is 7.52. The number of nitrogens with one attached hydrogen (secondary N) is 1. The van der Waals surface area contributed by atoms with Crippen molar-refractivity contribution in [2.75, 3.05) is 0 Å². The maximum absolute atomic E-state index is 8.54. The fourth-order valence-corrected chi connectivity index (χ4v) is 3.09. The number of hydrogen-bond donors (Lipinski definition) is 1. The van der Waals surface area contributed by atoms with Gasteiger partial charge in [0, 0.05) is 21.9 Å². The standard InChI is InChI=1S/C18H14N2S/c1-20-17-12-21-11-16(17)18(19)15-10-6-5-9-14(15)13-7-3-2-4-8-13/h2-12,19H,1H2. The molecule has 2 nitrogen and oxygen atoms in total. The van der Waals surface area contributed by atoms with Crippen molar-refractivity contribution in [2.45, 2.75) is 0 Å². The lowest BCUT2D eigenvalue weighted by molar-refractivity contribution is 1.45. The molecular formula is C18H14N2S. The van der Waals surface area contributed by atoms with Gasteiger partial charge in [-0.25, -0.2) is 0 Å². The zero-order valence-corrected chi connectivity index (χ0v) is 12.2. The Bertz CT molecular complexity index is 788. The molecule has 3 heteroatoms. The summed E-state index contributed by atoms with van der Waals surface area (Å²) in [6.07, 6.45) is 0. The average molecular weight is 290 g/mol. The lowest BCUT2D eigenvalue weighted by atomic mass is 9.94. The van der Waals surface area contributed by atoms with Gasteiger partial charge in [-0.2, -0.15) is 0 Å². The van der Waals surface area contributed by atoms with Crippen LogP contribution in [0.2, 0.25) is 0 Å². The van der Waals surface area contributed by atoms with E-state index in [4.69, 9.17) is 5.41 Å². The Balaban J connectivity index is 2.12. The molecule has 0 aliphatic heterocycles. The highest BCUT2D eigenvalue weighted by Crippen LogP contribution is 2.30. The maximum Gasteiger partial charge on any atom is 0.0823 e. The topological polar surface area (TPSA) is 36.2 Å². The molecule has 0 fully saturated rings. The summed E-state index contributed by atoms with van der Waals surface area (Å²) in [5, 5.41) is 12.4. The molecule has 0 spiro atoms. The summed E-state index contributed by atoms with van der Waals surface area (Å²) in [7, 11) is 0. The van der Waals surface area contributed by atoms with Crippen molar-refractivity contribution in [3.05, 3.63) is 76.5 Å². The van der Waals surface area contributed by atoms with Gasteiger partial charge in [0.25, 0.3) is 0 Å². The van der Waals surface area contributed by atoms with Crippen molar-refractivity contribution in [3.63, 3.8) is 0 Å². The van der Waals surface area contributed by atoms with E-state index in [1.54, 1.807) is 11.3 Å². The van der Waals surface area contributed by atoms with Crippen LogP contribution in [-0.2, 0) is 0 Å². The van der Waals surface area contributed by atoms with Crippen LogP contribution in [0.3, 0.4) is 0 Å². The molecule has 2 aromatic carbocycles. The Morgan fingerprint density at radius 1 is 0.905 bits per heavy atom. The van der Waals surface area contributed by atoms with Gasteiger partial charge in [0.2, 0.25) is 0 Å². The van der Waals surface area contributed by atoms with E-state index >= 15 is 0 Å². The molecule has 1 N–H and O–H groups in total. The zero-order chi connectivity index (χ0) is 14.7. The van der Waals surface area contributed by atoms with Crippen molar-refractivity contribution < 1.29 is 0 Å². The molecule has 0 bridgehead atoms. The fraction of sp³-hybridized carbons (Fsp3) is 0. The van der Waals surface area contributed by atoms with Crippen molar-refractivity contribution in [2.24, 2.45) is 4.99 Å². The Morgan fingerprint density at radius 2 is 1.62 bits per heavy atom. The summed E-state index contributed by atoms with van der Waals surface area (Å²) in [6, 6.07) is 18.1. The normalized spacial score (nSPS) is 10.3. The molecular weight excluding hydrogens is 276 g/mol. The highest BCUT2D eigenvalue weighted by atomic mass is 32.1. The van der Waals surface area contributed by atoms with E-state index in [0.717, 1.165) is 27.9 Å². The molecule has 0 radical (unpaired) electrons. The van der Waals surface area contributed by atoms with Crippen molar-refractivity contribution in [3.8, 4) is 11.1 Å². The minimum absolute atomic E-state index is 0.484. The van der Waals surface area contributed by atoms with Crippen LogP contribution in [0, 0.1) is 5.41 Å². The zero-order valence-electron chi connectivity index (χ0n) is 11.4. The van der Waals surface area contributed by atoms with Gasteiger partial charge in [0.1, 0.15) is 0 Å². The number of hydrogen-bond acceptors (Lipinski definition) is 3. The molecule has 102 valence electrons. The monoisotopic (exact) mass is 290 g/mol. The minimum atomic E-state index is 0.484. The molecule has 3 rings (SSSR count). The minimum Gasteiger partial charge on any atom is -0.300 e. The van der Waals surface area contributed by atoms with Crippen LogP contribution >= 0.6 is 11.3 Å². The lowest BCUT2D eigenvalue weighted by Crippen LogP contribution is -2.02. The largest absolute Gasteiger partial charge is 0.300 e.